The van der Waals surface area contributed by atoms with Crippen LogP contribution in [0.15, 0.2) is 40.0 Å². The molecule has 0 bridgehead atoms. The largest absolute Gasteiger partial charge is 0.493 e. The maximum Gasteiger partial charge on any atom is 0.416 e. The van der Waals surface area contributed by atoms with E-state index >= 15 is 0 Å². The van der Waals surface area contributed by atoms with Gasteiger partial charge < -0.3 is 10.2 Å². The van der Waals surface area contributed by atoms with Gasteiger partial charge in [0.05, 0.1) is 16.7 Å². The van der Waals surface area contributed by atoms with Gasteiger partial charge in [-0.25, -0.2) is 0 Å². The summed E-state index contributed by atoms with van der Waals surface area (Å²) in [6.45, 7) is 0.255. The van der Waals surface area contributed by atoms with Gasteiger partial charge in [-0.05, 0) is 36.8 Å². The zero-order valence-corrected chi connectivity index (χ0v) is 16.3. The molecule has 0 spiro atoms. The van der Waals surface area contributed by atoms with Crippen LogP contribution in [0.5, 0.6) is 5.88 Å². The summed E-state index contributed by atoms with van der Waals surface area (Å²) in [4.78, 5) is 11.1. The minimum absolute atomic E-state index is 0.0507. The second-order valence-corrected chi connectivity index (χ2v) is 7.75. The van der Waals surface area contributed by atoms with E-state index in [1.54, 1.807) is 6.08 Å². The van der Waals surface area contributed by atoms with Gasteiger partial charge in [0.1, 0.15) is 5.71 Å². The van der Waals surface area contributed by atoms with E-state index in [0.717, 1.165) is 23.5 Å². The predicted molar refractivity (Wildman–Crippen MR) is 106 cm³/mol. The first-order valence-corrected chi connectivity index (χ1v) is 9.54. The van der Waals surface area contributed by atoms with Crippen molar-refractivity contribution in [2.45, 2.75) is 25.6 Å². The maximum atomic E-state index is 12.7. The lowest BCUT2D eigenvalue weighted by molar-refractivity contribution is -0.138. The van der Waals surface area contributed by atoms with E-state index in [-0.39, 0.29) is 18.8 Å². The van der Waals surface area contributed by atoms with Crippen LogP contribution in [-0.2, 0) is 17.5 Å². The van der Waals surface area contributed by atoms with Crippen molar-refractivity contribution in [2.75, 3.05) is 0 Å². The number of alkyl halides is 3. The molecule has 0 aliphatic carbocycles. The van der Waals surface area contributed by atoms with Gasteiger partial charge in [-0.15, -0.1) is 16.4 Å². The Labute approximate surface area is 172 Å². The van der Waals surface area contributed by atoms with Crippen molar-refractivity contribution in [3.63, 3.8) is 0 Å². The number of hydrogen-bond donors (Lipinski definition) is 2. The normalized spacial score (nSPS) is 15.1. The highest BCUT2D eigenvalue weighted by atomic mass is 32.1. The molecule has 1 aromatic carbocycles. The number of carboxylic acids is 1. The van der Waals surface area contributed by atoms with Crippen molar-refractivity contribution >= 4 is 47.5 Å². The molecule has 1 aliphatic rings. The van der Waals surface area contributed by atoms with Gasteiger partial charge >= 0.3 is 12.1 Å². The number of thiazole rings is 1. The molecule has 1 aromatic heterocycles. The lowest BCUT2D eigenvalue weighted by Gasteiger charge is -2.08. The Balaban J connectivity index is 1.85. The van der Waals surface area contributed by atoms with Crippen LogP contribution in [0.4, 0.5) is 13.2 Å². The molecule has 2 aromatic rings. The van der Waals surface area contributed by atoms with Gasteiger partial charge in [0.25, 0.3) is 0 Å². The monoisotopic (exact) mass is 441 g/mol. The van der Waals surface area contributed by atoms with Gasteiger partial charge in [-0.2, -0.15) is 18.3 Å². The van der Waals surface area contributed by atoms with Crippen LogP contribution in [0.1, 0.15) is 28.8 Å². The molecule has 152 valence electrons. The molecule has 1 aliphatic heterocycles. The Kier molecular flexibility index (Phi) is 5.99. The number of hydrogen-bond acceptors (Lipinski definition) is 6. The Morgan fingerprint density at radius 2 is 1.97 bits per heavy atom. The highest BCUT2D eigenvalue weighted by molar-refractivity contribution is 7.73. The van der Waals surface area contributed by atoms with Crippen LogP contribution in [0.3, 0.4) is 0 Å². The van der Waals surface area contributed by atoms with E-state index < -0.39 is 17.7 Å². The minimum Gasteiger partial charge on any atom is -0.493 e. The number of aliphatic carboxylic acids is 1. The fraction of sp³-hybridized carbons (Fsp3) is 0.222. The van der Waals surface area contributed by atoms with E-state index in [9.17, 15) is 23.1 Å². The van der Waals surface area contributed by atoms with Crippen molar-refractivity contribution in [1.82, 2.24) is 4.57 Å². The molecule has 0 amide bonds. The van der Waals surface area contributed by atoms with Crippen LogP contribution in [-0.4, -0.2) is 32.7 Å². The maximum absolute atomic E-state index is 12.7. The van der Waals surface area contributed by atoms with Crippen LogP contribution in [0.25, 0.3) is 6.08 Å². The summed E-state index contributed by atoms with van der Waals surface area (Å²) in [5.74, 6) is -1.04. The molecule has 11 heteroatoms. The van der Waals surface area contributed by atoms with Crippen LogP contribution in [0, 0.1) is 3.95 Å². The highest BCUT2D eigenvalue weighted by Gasteiger charge is 2.30. The number of carbonyl (C=O) groups is 1. The molecule has 6 nitrogen and oxygen atoms in total. The van der Waals surface area contributed by atoms with Crippen LogP contribution in [0.2, 0.25) is 0 Å². The van der Waals surface area contributed by atoms with Crippen molar-refractivity contribution in [3.05, 3.63) is 49.8 Å². The van der Waals surface area contributed by atoms with E-state index in [2.05, 4.69) is 10.2 Å². The molecule has 0 unspecified atom stereocenters. The average molecular weight is 441 g/mol. The smallest absolute Gasteiger partial charge is 0.416 e. The van der Waals surface area contributed by atoms with E-state index in [0.29, 0.717) is 32.1 Å². The summed E-state index contributed by atoms with van der Waals surface area (Å²) in [6, 6.07) is 4.55. The number of nitrogens with zero attached hydrogens (tertiary/aromatic N) is 3. The third-order valence-corrected chi connectivity index (χ3v) is 5.45. The van der Waals surface area contributed by atoms with Gasteiger partial charge in [0.2, 0.25) is 5.88 Å². The predicted octanol–water partition coefficient (Wildman–Crippen LogP) is 4.74. The molecule has 2 heterocycles. The van der Waals surface area contributed by atoms with Crippen LogP contribution < -0.4 is 0 Å². The summed E-state index contributed by atoms with van der Waals surface area (Å²) in [5.41, 5.74) is 0.565. The lowest BCUT2D eigenvalue weighted by Crippen LogP contribution is -2.07. The molecule has 3 rings (SSSR count). The lowest BCUT2D eigenvalue weighted by atomic mass is 10.0. The zero-order valence-electron chi connectivity index (χ0n) is 14.7. The molecule has 29 heavy (non-hydrogen) atoms. The number of halogens is 3. The second-order valence-electron chi connectivity index (χ2n) is 6.07. The number of rotatable bonds is 6. The number of carboxylic acid groups (broad SMARTS) is 1. The second kappa shape index (κ2) is 8.29. The summed E-state index contributed by atoms with van der Waals surface area (Å²) in [5, 5.41) is 26.9. The molecule has 0 saturated carbocycles. The van der Waals surface area contributed by atoms with Gasteiger partial charge in [0, 0.05) is 24.1 Å². The Morgan fingerprint density at radius 3 is 2.59 bits per heavy atom. The average Bonchev–Trinajstić information content (AvgIpc) is 3.21. The molecule has 0 saturated heterocycles. The van der Waals surface area contributed by atoms with Gasteiger partial charge in [-0.1, -0.05) is 12.1 Å². The van der Waals surface area contributed by atoms with Crippen molar-refractivity contribution in [3.8, 4) is 5.88 Å². The summed E-state index contributed by atoms with van der Waals surface area (Å²) in [7, 11) is 0. The molecular weight excluding hydrogens is 427 g/mol. The fourth-order valence-electron chi connectivity index (χ4n) is 2.65. The molecule has 2 N–H and O–H groups in total. The van der Waals surface area contributed by atoms with Crippen molar-refractivity contribution in [2.24, 2.45) is 10.2 Å². The number of aromatic hydroxyl groups is 1. The van der Waals surface area contributed by atoms with E-state index in [1.165, 1.54) is 22.9 Å². The Morgan fingerprint density at radius 1 is 1.28 bits per heavy atom. The number of benzene rings is 1. The quantitative estimate of drug-likeness (QED) is 0.634. The molecule has 0 radical (unpaired) electrons. The van der Waals surface area contributed by atoms with Crippen LogP contribution >= 0.6 is 23.6 Å². The number of aromatic nitrogens is 1. The first-order valence-electron chi connectivity index (χ1n) is 8.32. The van der Waals surface area contributed by atoms with Gasteiger partial charge in [-0.3, -0.25) is 9.36 Å². The molecule has 0 atom stereocenters. The Bertz CT molecular complexity index is 1080. The summed E-state index contributed by atoms with van der Waals surface area (Å²) in [6.07, 6.45) is -1.14. The highest BCUT2D eigenvalue weighted by Crippen LogP contribution is 2.31. The first-order chi connectivity index (χ1) is 13.7. The molecule has 0 fully saturated rings. The number of allylic oxidation sites excluding steroid dienone is 1. The molecular formula is C18H14F3N3O3S2. The topological polar surface area (TPSA) is 87.2 Å². The standard InChI is InChI=1S/C18H14F3N3O3S2/c19-18(20,21)12-5-3-10(4-6-12)15-11(9-22-23-15)8-13-16(27)24(17(28)29-13)7-1-2-14(25)26/h3-6,8-9,27H,1-2,7H2,(H,25,26)/b11-8+. The first kappa shape index (κ1) is 20.9. The van der Waals surface area contributed by atoms with Crippen molar-refractivity contribution in [1.29, 1.82) is 0 Å². The zero-order chi connectivity index (χ0) is 21.2. The Hall–Kier alpha value is -2.79. The third-order valence-electron chi connectivity index (χ3n) is 4.07. The van der Waals surface area contributed by atoms with Crippen molar-refractivity contribution < 1.29 is 28.2 Å². The van der Waals surface area contributed by atoms with Gasteiger partial charge in [0.15, 0.2) is 3.95 Å². The SMILES string of the molecule is O=C(O)CCCn1c(O)c(/C=C2\C=NN=C2c2ccc(C(F)(F)F)cc2)sc1=S. The third kappa shape index (κ3) is 4.80. The summed E-state index contributed by atoms with van der Waals surface area (Å²) < 4.78 is 40.0. The van der Waals surface area contributed by atoms with E-state index in [4.69, 9.17) is 17.3 Å². The van der Waals surface area contributed by atoms with E-state index in [1.807, 2.05) is 0 Å². The summed E-state index contributed by atoms with van der Waals surface area (Å²) >= 11 is 6.36. The fourth-order valence-corrected chi connectivity index (χ4v) is 3.96. The minimum atomic E-state index is -4.43.